The Morgan fingerprint density at radius 3 is 1.86 bits per heavy atom. The fourth-order valence-electron chi connectivity index (χ4n) is 2.33. The van der Waals surface area contributed by atoms with Gasteiger partial charge < -0.3 is 10.6 Å². The van der Waals surface area contributed by atoms with Crippen LogP contribution in [-0.2, 0) is 9.63 Å². The molecule has 0 aliphatic rings. The first-order valence-electron chi connectivity index (χ1n) is 8.76. The van der Waals surface area contributed by atoms with Crippen LogP contribution in [0.5, 0.6) is 0 Å². The summed E-state index contributed by atoms with van der Waals surface area (Å²) in [5.74, 6) is -0.205. The van der Waals surface area contributed by atoms with Gasteiger partial charge in [0.1, 0.15) is 6.04 Å². The molecule has 0 bridgehead atoms. The number of carbonyl (C=O) groups excluding carboxylic acids is 1. The second-order valence-corrected chi connectivity index (χ2v) is 6.27. The van der Waals surface area contributed by atoms with E-state index in [2.05, 4.69) is 12.4 Å². The minimum absolute atomic E-state index is 0.148. The van der Waals surface area contributed by atoms with Gasteiger partial charge in [0, 0.05) is 0 Å². The van der Waals surface area contributed by atoms with E-state index in [1.54, 1.807) is 0 Å². The van der Waals surface area contributed by atoms with E-state index in [1.165, 1.54) is 57.8 Å². The maximum atomic E-state index is 11.2. The van der Waals surface area contributed by atoms with Crippen molar-refractivity contribution in [2.24, 2.45) is 11.7 Å². The van der Waals surface area contributed by atoms with E-state index in [0.29, 0.717) is 6.61 Å². The Bertz CT molecular complexity index is 245. The molecule has 126 valence electrons. The van der Waals surface area contributed by atoms with Crippen molar-refractivity contribution in [2.75, 3.05) is 6.61 Å². The van der Waals surface area contributed by atoms with Crippen LogP contribution in [-0.4, -0.2) is 18.6 Å². The van der Waals surface area contributed by atoms with Crippen LogP contribution < -0.4 is 11.2 Å². The lowest BCUT2D eigenvalue weighted by Gasteiger charge is -2.18. The summed E-state index contributed by atoms with van der Waals surface area (Å²) in [5, 5.41) is 0. The number of amides is 1. The Morgan fingerprint density at radius 2 is 1.43 bits per heavy atom. The summed E-state index contributed by atoms with van der Waals surface area (Å²) in [4.78, 5) is 16.5. The van der Waals surface area contributed by atoms with Crippen LogP contribution >= 0.6 is 0 Å². The Hall–Kier alpha value is -0.610. The number of nitrogens with one attached hydrogen (secondary N) is 1. The molecule has 0 spiro atoms. The highest BCUT2D eigenvalue weighted by Gasteiger charge is 2.18. The molecule has 0 aromatic rings. The third kappa shape index (κ3) is 12.8. The molecule has 0 radical (unpaired) electrons. The van der Waals surface area contributed by atoms with Gasteiger partial charge in [0.15, 0.2) is 0 Å². The van der Waals surface area contributed by atoms with Crippen molar-refractivity contribution in [2.45, 2.75) is 91.0 Å². The third-order valence-electron chi connectivity index (χ3n) is 3.78. The number of nitrogens with two attached hydrogens (primary N) is 1. The zero-order valence-electron chi connectivity index (χ0n) is 14.3. The molecule has 0 aliphatic heterocycles. The molecule has 4 heteroatoms. The summed E-state index contributed by atoms with van der Waals surface area (Å²) in [7, 11) is 0. The SMILES string of the molecule is CCCCCCCCCCCCONC(C(N)=O)C(C)C. The normalized spacial score (nSPS) is 12.8. The van der Waals surface area contributed by atoms with E-state index >= 15 is 0 Å². The summed E-state index contributed by atoms with van der Waals surface area (Å²) < 4.78 is 0. The van der Waals surface area contributed by atoms with E-state index in [1.807, 2.05) is 13.8 Å². The van der Waals surface area contributed by atoms with Crippen LogP contribution in [0.2, 0.25) is 0 Å². The average molecular weight is 300 g/mol. The van der Waals surface area contributed by atoms with E-state index in [4.69, 9.17) is 10.6 Å². The van der Waals surface area contributed by atoms with Crippen molar-refractivity contribution in [1.29, 1.82) is 0 Å². The molecule has 0 saturated heterocycles. The molecule has 3 N–H and O–H groups in total. The molecule has 0 rings (SSSR count). The molecule has 0 fully saturated rings. The molecule has 0 aliphatic carbocycles. The zero-order chi connectivity index (χ0) is 15.9. The monoisotopic (exact) mass is 300 g/mol. The first kappa shape index (κ1) is 20.4. The standard InChI is InChI=1S/C17H36N2O2/c1-4-5-6-7-8-9-10-11-12-13-14-21-19-16(15(2)3)17(18)20/h15-16,19H,4-14H2,1-3H3,(H2,18,20). The minimum Gasteiger partial charge on any atom is -0.368 e. The van der Waals surface area contributed by atoms with Gasteiger partial charge in [-0.1, -0.05) is 78.6 Å². The van der Waals surface area contributed by atoms with E-state index < -0.39 is 6.04 Å². The number of hydroxylamine groups is 1. The van der Waals surface area contributed by atoms with Crippen molar-refractivity contribution in [3.63, 3.8) is 0 Å². The Balaban J connectivity index is 3.27. The van der Waals surface area contributed by atoms with Crippen molar-refractivity contribution in [1.82, 2.24) is 5.48 Å². The lowest BCUT2D eigenvalue weighted by atomic mass is 10.1. The smallest absolute Gasteiger partial charge is 0.237 e. The van der Waals surface area contributed by atoms with Gasteiger partial charge in [-0.2, -0.15) is 5.48 Å². The molecule has 4 nitrogen and oxygen atoms in total. The van der Waals surface area contributed by atoms with Crippen LogP contribution in [0.1, 0.15) is 85.0 Å². The van der Waals surface area contributed by atoms with Gasteiger partial charge in [-0.05, 0) is 12.3 Å². The summed E-state index contributed by atoms with van der Waals surface area (Å²) in [6.45, 7) is 6.80. The lowest BCUT2D eigenvalue weighted by molar-refractivity contribution is -0.126. The summed E-state index contributed by atoms with van der Waals surface area (Å²) in [5.41, 5.74) is 8.07. The second kappa shape index (κ2) is 14.3. The number of primary amides is 1. The average Bonchev–Trinajstić information content (AvgIpc) is 2.43. The summed E-state index contributed by atoms with van der Waals surface area (Å²) in [6.07, 6.45) is 13.1. The summed E-state index contributed by atoms with van der Waals surface area (Å²) >= 11 is 0. The highest BCUT2D eigenvalue weighted by Crippen LogP contribution is 2.10. The van der Waals surface area contributed by atoms with E-state index in [9.17, 15) is 4.79 Å². The molecular formula is C17H36N2O2. The van der Waals surface area contributed by atoms with Gasteiger partial charge in [-0.25, -0.2) is 0 Å². The maximum absolute atomic E-state index is 11.2. The van der Waals surface area contributed by atoms with Gasteiger partial charge >= 0.3 is 0 Å². The number of hydrogen-bond donors (Lipinski definition) is 2. The Morgan fingerprint density at radius 1 is 0.952 bits per heavy atom. The van der Waals surface area contributed by atoms with Gasteiger partial charge in [-0.3, -0.25) is 4.79 Å². The fourth-order valence-corrected chi connectivity index (χ4v) is 2.33. The van der Waals surface area contributed by atoms with Crippen molar-refractivity contribution < 1.29 is 9.63 Å². The maximum Gasteiger partial charge on any atom is 0.237 e. The Labute approximate surface area is 131 Å². The van der Waals surface area contributed by atoms with Crippen LogP contribution in [0.15, 0.2) is 0 Å². The molecule has 0 aromatic heterocycles. The van der Waals surface area contributed by atoms with Crippen molar-refractivity contribution in [3.8, 4) is 0 Å². The molecule has 21 heavy (non-hydrogen) atoms. The van der Waals surface area contributed by atoms with Gasteiger partial charge in [0.2, 0.25) is 5.91 Å². The first-order valence-corrected chi connectivity index (χ1v) is 8.76. The zero-order valence-corrected chi connectivity index (χ0v) is 14.3. The molecular weight excluding hydrogens is 264 g/mol. The molecule has 1 unspecified atom stereocenters. The van der Waals surface area contributed by atoms with Crippen LogP contribution in [0.4, 0.5) is 0 Å². The van der Waals surface area contributed by atoms with Crippen molar-refractivity contribution >= 4 is 5.91 Å². The van der Waals surface area contributed by atoms with Crippen LogP contribution in [0.3, 0.4) is 0 Å². The van der Waals surface area contributed by atoms with E-state index in [0.717, 1.165) is 6.42 Å². The largest absolute Gasteiger partial charge is 0.368 e. The Kier molecular flexibility index (Phi) is 13.9. The predicted octanol–water partition coefficient (Wildman–Crippen LogP) is 3.94. The highest BCUT2D eigenvalue weighted by molar-refractivity contribution is 5.79. The fraction of sp³-hybridized carbons (Fsp3) is 0.941. The topological polar surface area (TPSA) is 64.3 Å². The van der Waals surface area contributed by atoms with E-state index in [-0.39, 0.29) is 11.8 Å². The molecule has 0 aromatic carbocycles. The van der Waals surface area contributed by atoms with Gasteiger partial charge in [0.25, 0.3) is 0 Å². The summed E-state index contributed by atoms with van der Waals surface area (Å²) in [6, 6.07) is -0.395. The van der Waals surface area contributed by atoms with Crippen LogP contribution in [0, 0.1) is 5.92 Å². The van der Waals surface area contributed by atoms with Crippen LogP contribution in [0.25, 0.3) is 0 Å². The second-order valence-electron chi connectivity index (χ2n) is 6.27. The molecule has 1 amide bonds. The number of rotatable bonds is 15. The third-order valence-corrected chi connectivity index (χ3v) is 3.78. The lowest BCUT2D eigenvalue weighted by Crippen LogP contribution is -2.45. The van der Waals surface area contributed by atoms with Crippen molar-refractivity contribution in [3.05, 3.63) is 0 Å². The first-order chi connectivity index (χ1) is 10.1. The molecule has 0 heterocycles. The number of hydrogen-bond acceptors (Lipinski definition) is 3. The number of unbranched alkanes of at least 4 members (excludes halogenated alkanes) is 9. The predicted molar refractivity (Wildman–Crippen MR) is 88.8 cm³/mol. The van der Waals surface area contributed by atoms with Gasteiger partial charge in [-0.15, -0.1) is 0 Å². The highest BCUT2D eigenvalue weighted by atomic mass is 16.6. The quantitative estimate of drug-likeness (QED) is 0.356. The van der Waals surface area contributed by atoms with Gasteiger partial charge in [0.05, 0.1) is 6.61 Å². The molecule has 0 saturated carbocycles. The minimum atomic E-state index is -0.395. The number of carbonyl (C=O) groups is 1. The molecule has 1 atom stereocenters.